The summed E-state index contributed by atoms with van der Waals surface area (Å²) < 4.78 is 13.1. The van der Waals surface area contributed by atoms with Crippen LogP contribution in [0.4, 0.5) is 0 Å². The molecule has 33 heavy (non-hydrogen) atoms. The second-order valence-electron chi connectivity index (χ2n) is 9.74. The molecule has 1 aliphatic rings. The molecule has 0 amide bonds. The van der Waals surface area contributed by atoms with E-state index in [4.69, 9.17) is 9.16 Å². The second kappa shape index (κ2) is 10.2. The molecule has 1 aliphatic heterocycles. The van der Waals surface area contributed by atoms with Crippen molar-refractivity contribution in [2.45, 2.75) is 50.6 Å². The summed E-state index contributed by atoms with van der Waals surface area (Å²) in [6.07, 6.45) is 2.11. The van der Waals surface area contributed by atoms with Crippen molar-refractivity contribution in [3.63, 3.8) is 0 Å². The van der Waals surface area contributed by atoms with Crippen molar-refractivity contribution in [3.8, 4) is 0 Å². The van der Waals surface area contributed by atoms with Gasteiger partial charge >= 0.3 is 0 Å². The van der Waals surface area contributed by atoms with Crippen LogP contribution in [-0.4, -0.2) is 33.2 Å². The summed E-state index contributed by atoms with van der Waals surface area (Å²) in [4.78, 5) is 0. The van der Waals surface area contributed by atoms with Crippen LogP contribution in [0.3, 0.4) is 0 Å². The maximum atomic E-state index is 7.03. The molecule has 0 aromatic heterocycles. The van der Waals surface area contributed by atoms with Gasteiger partial charge in [0.1, 0.15) is 12.2 Å². The summed E-state index contributed by atoms with van der Waals surface area (Å²) in [6.45, 7) is 12.3. The van der Waals surface area contributed by atoms with E-state index in [2.05, 4.69) is 118 Å². The van der Waals surface area contributed by atoms with E-state index in [0.717, 1.165) is 6.54 Å². The number of nitrogens with one attached hydrogen (secondary N) is 1. The fourth-order valence-electron chi connectivity index (χ4n) is 4.74. The molecule has 0 bridgehead atoms. The number of hydrogen-bond donors (Lipinski definition) is 1. The minimum Gasteiger partial charge on any atom is -0.405 e. The van der Waals surface area contributed by atoms with Crippen molar-refractivity contribution >= 4 is 18.7 Å². The Balaban J connectivity index is 1.51. The zero-order chi connectivity index (χ0) is 23.3. The van der Waals surface area contributed by atoms with Crippen molar-refractivity contribution < 1.29 is 9.16 Å². The van der Waals surface area contributed by atoms with Crippen LogP contribution in [0.25, 0.3) is 0 Å². The van der Waals surface area contributed by atoms with Crippen molar-refractivity contribution in [2.24, 2.45) is 0 Å². The highest BCUT2D eigenvalue weighted by Crippen LogP contribution is 2.38. The van der Waals surface area contributed by atoms with Crippen LogP contribution in [0.1, 0.15) is 26.3 Å². The molecule has 1 heterocycles. The van der Waals surface area contributed by atoms with Crippen molar-refractivity contribution in [1.29, 1.82) is 0 Å². The predicted octanol–water partition coefficient (Wildman–Crippen LogP) is 4.67. The molecular formula is C29H35NO2Si. The standard InChI is InChI=1S/C29H35NO2Si/c1-5-26(30-21-23-15-9-6-10-16-23)28-27(32-28)22-31-33(29(2,3)4,24-17-11-7-12-18-24)25-19-13-8-14-20-25/h5-20,26-28,30H,1,21-22H2,2-4H3/t26-,27+,28+/m0/s1. The van der Waals surface area contributed by atoms with Gasteiger partial charge in [0.2, 0.25) is 0 Å². The normalized spacial score (nSPS) is 19.1. The Morgan fingerprint density at radius 1 is 0.909 bits per heavy atom. The molecule has 0 saturated carbocycles. The first-order chi connectivity index (χ1) is 16.0. The van der Waals surface area contributed by atoms with E-state index in [0.29, 0.717) is 6.61 Å². The lowest BCUT2D eigenvalue weighted by Crippen LogP contribution is -2.66. The van der Waals surface area contributed by atoms with E-state index in [-0.39, 0.29) is 23.3 Å². The van der Waals surface area contributed by atoms with E-state index in [9.17, 15) is 0 Å². The highest BCUT2D eigenvalue weighted by molar-refractivity contribution is 6.99. The molecular weight excluding hydrogens is 422 g/mol. The Hall–Kier alpha value is -2.50. The van der Waals surface area contributed by atoms with Gasteiger partial charge in [0, 0.05) is 6.54 Å². The maximum absolute atomic E-state index is 7.03. The highest BCUT2D eigenvalue weighted by atomic mass is 28.4. The molecule has 4 rings (SSSR count). The van der Waals surface area contributed by atoms with Crippen LogP contribution >= 0.6 is 0 Å². The summed E-state index contributed by atoms with van der Waals surface area (Å²) in [5, 5.41) is 6.13. The van der Waals surface area contributed by atoms with Crippen LogP contribution in [0.2, 0.25) is 5.04 Å². The van der Waals surface area contributed by atoms with Gasteiger partial charge in [-0.05, 0) is 21.0 Å². The molecule has 1 saturated heterocycles. The Labute approximate surface area is 199 Å². The van der Waals surface area contributed by atoms with Crippen LogP contribution in [0.15, 0.2) is 104 Å². The van der Waals surface area contributed by atoms with E-state index < -0.39 is 8.32 Å². The third-order valence-electron chi connectivity index (χ3n) is 6.50. The zero-order valence-corrected chi connectivity index (χ0v) is 20.9. The molecule has 3 nitrogen and oxygen atoms in total. The van der Waals surface area contributed by atoms with Gasteiger partial charge in [-0.3, -0.25) is 0 Å². The first kappa shape index (κ1) is 23.6. The summed E-state index contributed by atoms with van der Waals surface area (Å²) in [5.41, 5.74) is 1.25. The van der Waals surface area contributed by atoms with Gasteiger partial charge in [0.25, 0.3) is 8.32 Å². The molecule has 3 atom stereocenters. The number of epoxide rings is 1. The minimum absolute atomic E-state index is 0.0382. The third-order valence-corrected chi connectivity index (χ3v) is 11.5. The Morgan fingerprint density at radius 3 is 1.91 bits per heavy atom. The number of hydrogen-bond acceptors (Lipinski definition) is 3. The summed E-state index contributed by atoms with van der Waals surface area (Å²) in [6, 6.07) is 32.0. The quantitative estimate of drug-likeness (QED) is 0.273. The Bertz CT molecular complexity index is 978. The molecule has 0 radical (unpaired) electrons. The topological polar surface area (TPSA) is 33.8 Å². The molecule has 1 N–H and O–H groups in total. The van der Waals surface area contributed by atoms with Gasteiger partial charge in [-0.15, -0.1) is 6.58 Å². The largest absolute Gasteiger partial charge is 0.405 e. The monoisotopic (exact) mass is 457 g/mol. The van der Waals surface area contributed by atoms with Gasteiger partial charge in [-0.1, -0.05) is 118 Å². The molecule has 0 spiro atoms. The number of ether oxygens (including phenoxy) is 1. The summed E-state index contributed by atoms with van der Waals surface area (Å²) in [7, 11) is -2.54. The maximum Gasteiger partial charge on any atom is 0.261 e. The fourth-order valence-corrected chi connectivity index (χ4v) is 9.31. The Morgan fingerprint density at radius 2 is 1.42 bits per heavy atom. The zero-order valence-electron chi connectivity index (χ0n) is 19.9. The molecule has 0 aliphatic carbocycles. The van der Waals surface area contributed by atoms with Gasteiger partial charge in [0.05, 0.1) is 12.6 Å². The highest BCUT2D eigenvalue weighted by Gasteiger charge is 2.52. The van der Waals surface area contributed by atoms with Gasteiger partial charge in [-0.25, -0.2) is 0 Å². The third kappa shape index (κ3) is 5.20. The summed E-state index contributed by atoms with van der Waals surface area (Å²) >= 11 is 0. The predicted molar refractivity (Wildman–Crippen MR) is 140 cm³/mol. The van der Waals surface area contributed by atoms with E-state index in [1.54, 1.807) is 0 Å². The minimum atomic E-state index is -2.54. The summed E-state index contributed by atoms with van der Waals surface area (Å²) in [5.74, 6) is 0. The molecule has 0 unspecified atom stereocenters. The molecule has 3 aromatic carbocycles. The van der Waals surface area contributed by atoms with Gasteiger partial charge in [-0.2, -0.15) is 0 Å². The van der Waals surface area contributed by atoms with Crippen LogP contribution in [0.5, 0.6) is 0 Å². The van der Waals surface area contributed by atoms with E-state index in [1.807, 2.05) is 12.1 Å². The van der Waals surface area contributed by atoms with Gasteiger partial charge in [0.15, 0.2) is 0 Å². The molecule has 172 valence electrons. The SMILES string of the molecule is C=C[C@H](NCc1ccccc1)[C@H]1O[C@@H]1CO[Si](c1ccccc1)(c1ccccc1)C(C)(C)C. The first-order valence-electron chi connectivity index (χ1n) is 11.8. The molecule has 4 heteroatoms. The fraction of sp³-hybridized carbons (Fsp3) is 0.310. The lowest BCUT2D eigenvalue weighted by molar-refractivity contribution is 0.246. The lowest BCUT2D eigenvalue weighted by Gasteiger charge is -2.43. The lowest BCUT2D eigenvalue weighted by atomic mass is 10.1. The average Bonchev–Trinajstić information content (AvgIpc) is 3.60. The average molecular weight is 458 g/mol. The number of rotatable bonds is 10. The van der Waals surface area contributed by atoms with Crippen LogP contribution < -0.4 is 15.7 Å². The molecule has 3 aromatic rings. The number of benzene rings is 3. The van der Waals surface area contributed by atoms with E-state index in [1.165, 1.54) is 15.9 Å². The molecule has 1 fully saturated rings. The van der Waals surface area contributed by atoms with E-state index >= 15 is 0 Å². The smallest absolute Gasteiger partial charge is 0.261 e. The van der Waals surface area contributed by atoms with Crippen molar-refractivity contribution in [3.05, 3.63) is 109 Å². The van der Waals surface area contributed by atoms with Crippen molar-refractivity contribution in [1.82, 2.24) is 5.32 Å². The second-order valence-corrected chi connectivity index (χ2v) is 14.0. The van der Waals surface area contributed by atoms with Crippen LogP contribution in [0, 0.1) is 0 Å². The van der Waals surface area contributed by atoms with Gasteiger partial charge < -0.3 is 14.5 Å². The van der Waals surface area contributed by atoms with Crippen LogP contribution in [-0.2, 0) is 15.7 Å². The Kier molecular flexibility index (Phi) is 7.30. The van der Waals surface area contributed by atoms with Crippen molar-refractivity contribution in [2.75, 3.05) is 6.61 Å². The first-order valence-corrected chi connectivity index (χ1v) is 13.7.